The number of hydrogen-bond donors (Lipinski definition) is 0. The molecule has 0 radical (unpaired) electrons. The van der Waals surface area contributed by atoms with Crippen molar-refractivity contribution < 1.29 is 8.83 Å². The van der Waals surface area contributed by atoms with E-state index in [4.69, 9.17) is 13.8 Å². The Bertz CT molecular complexity index is 3130. The number of nitrogens with zero attached hydrogens (tertiary/aromatic N) is 5. The van der Waals surface area contributed by atoms with E-state index in [9.17, 15) is 0 Å². The molecule has 2 atom stereocenters. The first-order valence-electron chi connectivity index (χ1n) is 17.5. The monoisotopic (exact) mass is 669 g/mol. The lowest BCUT2D eigenvalue weighted by Crippen LogP contribution is -2.29. The third kappa shape index (κ3) is 3.71. The summed E-state index contributed by atoms with van der Waals surface area (Å²) in [6.07, 6.45) is 12.5. The highest BCUT2D eigenvalue weighted by atomic mass is 16.3. The van der Waals surface area contributed by atoms with Gasteiger partial charge in [0, 0.05) is 57.3 Å². The van der Waals surface area contributed by atoms with Gasteiger partial charge in [0.05, 0.1) is 34.1 Å². The zero-order chi connectivity index (χ0) is 33.9. The molecule has 1 aliphatic heterocycles. The molecule has 7 nitrogen and oxygen atoms in total. The normalized spacial score (nSPS) is 16.8. The Balaban J connectivity index is 0.987. The number of furan rings is 2. The highest BCUT2D eigenvalue weighted by Crippen LogP contribution is 2.51. The van der Waals surface area contributed by atoms with Crippen molar-refractivity contribution in [1.82, 2.24) is 19.5 Å². The molecule has 52 heavy (non-hydrogen) atoms. The molecule has 4 aromatic carbocycles. The van der Waals surface area contributed by atoms with Crippen LogP contribution in [-0.4, -0.2) is 25.6 Å². The van der Waals surface area contributed by atoms with E-state index in [1.807, 2.05) is 48.9 Å². The van der Waals surface area contributed by atoms with Crippen molar-refractivity contribution >= 4 is 82.9 Å². The summed E-state index contributed by atoms with van der Waals surface area (Å²) in [6.45, 7) is 0. The predicted molar refractivity (Wildman–Crippen MR) is 207 cm³/mol. The number of benzene rings is 4. The van der Waals surface area contributed by atoms with Crippen molar-refractivity contribution in [3.63, 3.8) is 0 Å². The lowest BCUT2D eigenvalue weighted by molar-refractivity contribution is 0.663. The predicted octanol–water partition coefficient (Wildman–Crippen LogP) is 11.0. The Labute approximate surface area is 296 Å². The fraction of sp³-hybridized carbons (Fsp3) is 0.0444. The van der Waals surface area contributed by atoms with E-state index in [0.29, 0.717) is 0 Å². The van der Waals surface area contributed by atoms with Crippen LogP contribution in [0.4, 0.5) is 11.4 Å². The maximum absolute atomic E-state index is 6.69. The molecule has 12 rings (SSSR count). The van der Waals surface area contributed by atoms with E-state index in [0.717, 1.165) is 99.8 Å². The molecule has 2 unspecified atom stereocenters. The minimum absolute atomic E-state index is 0.0413. The average Bonchev–Trinajstić information content (AvgIpc) is 3.95. The van der Waals surface area contributed by atoms with Gasteiger partial charge in [-0.25, -0.2) is 0 Å². The van der Waals surface area contributed by atoms with Gasteiger partial charge in [0.2, 0.25) is 0 Å². The molecule has 1 aliphatic carbocycles. The highest BCUT2D eigenvalue weighted by molar-refractivity contribution is 6.12. The van der Waals surface area contributed by atoms with Crippen molar-refractivity contribution in [2.75, 3.05) is 4.90 Å². The second-order valence-corrected chi connectivity index (χ2v) is 13.6. The summed E-state index contributed by atoms with van der Waals surface area (Å²) in [5.74, 6) is 0.0413. The first kappa shape index (κ1) is 27.8. The van der Waals surface area contributed by atoms with Gasteiger partial charge in [-0.3, -0.25) is 15.0 Å². The van der Waals surface area contributed by atoms with E-state index in [2.05, 4.69) is 123 Å². The fourth-order valence-electron chi connectivity index (χ4n) is 8.66. The second kappa shape index (κ2) is 10.3. The summed E-state index contributed by atoms with van der Waals surface area (Å²) in [6, 6.07) is 39.9. The Hall–Kier alpha value is -6.99. The third-order valence-electron chi connectivity index (χ3n) is 10.9. The van der Waals surface area contributed by atoms with Gasteiger partial charge in [0.15, 0.2) is 5.58 Å². The summed E-state index contributed by atoms with van der Waals surface area (Å²) in [4.78, 5) is 16.7. The molecule has 0 saturated carbocycles. The Morgan fingerprint density at radius 3 is 2.12 bits per heavy atom. The summed E-state index contributed by atoms with van der Waals surface area (Å²) < 4.78 is 15.4. The van der Waals surface area contributed by atoms with E-state index in [1.54, 1.807) is 0 Å². The molecular weight excluding hydrogens is 643 g/mol. The maximum atomic E-state index is 6.69. The van der Waals surface area contributed by atoms with Crippen LogP contribution in [0.5, 0.6) is 0 Å². The van der Waals surface area contributed by atoms with E-state index in [-0.39, 0.29) is 12.0 Å². The summed E-state index contributed by atoms with van der Waals surface area (Å²) in [7, 11) is 0. The second-order valence-electron chi connectivity index (χ2n) is 13.6. The molecular formula is C45H27N5O2. The van der Waals surface area contributed by atoms with Crippen LogP contribution < -0.4 is 4.90 Å². The minimum atomic E-state index is 0.0413. The summed E-state index contributed by atoms with van der Waals surface area (Å²) in [5.41, 5.74) is 13.7. The van der Waals surface area contributed by atoms with E-state index in [1.165, 1.54) is 0 Å². The molecule has 10 aromatic rings. The number of fused-ring (bicyclic) bond motifs is 12. The third-order valence-corrected chi connectivity index (χ3v) is 10.9. The first-order chi connectivity index (χ1) is 25.8. The van der Waals surface area contributed by atoms with Gasteiger partial charge in [-0.05, 0) is 72.3 Å². The topological polar surface area (TPSA) is 73.1 Å². The van der Waals surface area contributed by atoms with Crippen LogP contribution in [0, 0.1) is 0 Å². The molecule has 2 aliphatic rings. The van der Waals surface area contributed by atoms with Gasteiger partial charge in [0.25, 0.3) is 0 Å². The van der Waals surface area contributed by atoms with E-state index < -0.39 is 0 Å². The lowest BCUT2D eigenvalue weighted by atomic mass is 9.87. The zero-order valence-electron chi connectivity index (χ0n) is 27.6. The molecule has 0 fully saturated rings. The molecule has 0 bridgehead atoms. The maximum Gasteiger partial charge on any atom is 0.159 e. The average molecular weight is 670 g/mol. The zero-order valence-corrected chi connectivity index (χ0v) is 27.6. The van der Waals surface area contributed by atoms with Gasteiger partial charge < -0.3 is 18.3 Å². The molecule has 244 valence electrons. The van der Waals surface area contributed by atoms with Crippen LogP contribution in [0.2, 0.25) is 0 Å². The number of anilines is 2. The van der Waals surface area contributed by atoms with Gasteiger partial charge in [-0.15, -0.1) is 0 Å². The SMILES string of the molecule is C1=CC2C(C=C1c1cccc3c1oc1ccc(-n4c5cccnc5c5ncccc54)cc13)c1ncccc1N2c1cccc2c1oc1ccccc12. The number of rotatable bonds is 3. The van der Waals surface area contributed by atoms with Crippen LogP contribution in [0.3, 0.4) is 0 Å². The molecule has 0 saturated heterocycles. The highest BCUT2D eigenvalue weighted by Gasteiger charge is 2.40. The summed E-state index contributed by atoms with van der Waals surface area (Å²) >= 11 is 0. The van der Waals surface area contributed by atoms with Crippen LogP contribution in [-0.2, 0) is 0 Å². The Morgan fingerprint density at radius 2 is 1.25 bits per heavy atom. The fourth-order valence-corrected chi connectivity index (χ4v) is 8.66. The van der Waals surface area contributed by atoms with Crippen LogP contribution in [0.25, 0.3) is 77.2 Å². The number of para-hydroxylation sites is 3. The van der Waals surface area contributed by atoms with Crippen molar-refractivity contribution in [3.05, 3.63) is 163 Å². The molecule has 0 amide bonds. The molecule has 7 heteroatoms. The molecule has 0 spiro atoms. The quantitative estimate of drug-likeness (QED) is 0.186. The molecule has 7 heterocycles. The number of pyridine rings is 3. The van der Waals surface area contributed by atoms with Gasteiger partial charge in [-0.2, -0.15) is 0 Å². The smallest absolute Gasteiger partial charge is 0.159 e. The Morgan fingerprint density at radius 1 is 0.558 bits per heavy atom. The lowest BCUT2D eigenvalue weighted by Gasteiger charge is -2.29. The van der Waals surface area contributed by atoms with E-state index >= 15 is 0 Å². The minimum Gasteiger partial charge on any atom is -0.455 e. The standard InChI is InChI=1S/C45H27N5O2/c1-2-16-39-29(8-1)30-11-4-12-38(45(30)52-39)50-34-19-17-26(24-33(34)41-35(50)13-5-21-46-41)28-9-3-10-31-32-25-27(18-20-40(32)51-44(28)31)49-36-14-6-22-47-42(36)43-37(49)15-7-23-48-43/h1-25,33-34H. The van der Waals surface area contributed by atoms with Crippen LogP contribution >= 0.6 is 0 Å². The largest absolute Gasteiger partial charge is 0.455 e. The molecule has 6 aromatic heterocycles. The van der Waals surface area contributed by atoms with Crippen LogP contribution in [0.1, 0.15) is 17.2 Å². The van der Waals surface area contributed by atoms with Crippen LogP contribution in [0.15, 0.2) is 161 Å². The van der Waals surface area contributed by atoms with Crippen molar-refractivity contribution in [2.24, 2.45) is 0 Å². The number of hydrogen-bond acceptors (Lipinski definition) is 6. The Kier molecular flexibility index (Phi) is 5.49. The van der Waals surface area contributed by atoms with Gasteiger partial charge in [0.1, 0.15) is 27.8 Å². The van der Waals surface area contributed by atoms with Crippen molar-refractivity contribution in [1.29, 1.82) is 0 Å². The number of allylic oxidation sites excluding steroid dienone is 2. The molecule has 0 N–H and O–H groups in total. The van der Waals surface area contributed by atoms with Gasteiger partial charge in [-0.1, -0.05) is 66.8 Å². The van der Waals surface area contributed by atoms with Crippen molar-refractivity contribution in [3.8, 4) is 5.69 Å². The van der Waals surface area contributed by atoms with Gasteiger partial charge >= 0.3 is 0 Å². The van der Waals surface area contributed by atoms with Crippen molar-refractivity contribution in [2.45, 2.75) is 12.0 Å². The summed E-state index contributed by atoms with van der Waals surface area (Å²) in [5, 5.41) is 4.38. The number of aromatic nitrogens is 4. The first-order valence-corrected chi connectivity index (χ1v) is 17.5.